The Bertz CT molecular complexity index is 534. The van der Waals surface area contributed by atoms with Crippen LogP contribution in [0.2, 0.25) is 0 Å². The lowest BCUT2D eigenvalue weighted by Crippen LogP contribution is -2.17. The van der Waals surface area contributed by atoms with Crippen LogP contribution in [-0.2, 0) is 7.05 Å². The number of hydrogen-bond donors (Lipinski definition) is 1. The molecule has 0 spiro atoms. The van der Waals surface area contributed by atoms with Gasteiger partial charge in [-0.2, -0.15) is 5.10 Å². The number of hydrogen-bond acceptors (Lipinski definition) is 2. The molecule has 0 fully saturated rings. The Kier molecular flexibility index (Phi) is 3.65. The van der Waals surface area contributed by atoms with Gasteiger partial charge in [-0.25, -0.2) is 4.39 Å². The largest absolute Gasteiger partial charge is 0.319 e. The molecule has 1 aromatic heterocycles. The molecule has 3 nitrogen and oxygen atoms in total. The molecule has 2 rings (SSSR count). The van der Waals surface area contributed by atoms with Gasteiger partial charge in [0.05, 0.1) is 22.4 Å². The number of rotatable bonds is 2. The van der Waals surface area contributed by atoms with Crippen molar-refractivity contribution in [2.24, 2.45) is 12.8 Å². The highest BCUT2D eigenvalue weighted by atomic mass is 79.9. The van der Waals surface area contributed by atoms with Crippen molar-refractivity contribution in [1.29, 1.82) is 0 Å². The fourth-order valence-corrected chi connectivity index (χ4v) is 2.60. The fraction of sp³-hybridized carbons (Fsp3) is 0.182. The monoisotopic (exact) mass is 361 g/mol. The lowest BCUT2D eigenvalue weighted by Gasteiger charge is -2.14. The van der Waals surface area contributed by atoms with Crippen LogP contribution in [0.4, 0.5) is 4.39 Å². The van der Waals surface area contributed by atoms with E-state index in [1.54, 1.807) is 30.1 Å². The molecule has 1 heterocycles. The van der Waals surface area contributed by atoms with E-state index in [9.17, 15) is 4.39 Å². The highest BCUT2D eigenvalue weighted by molar-refractivity contribution is 9.10. The Balaban J connectivity index is 2.47. The number of nitrogens with zero attached hydrogens (tertiary/aromatic N) is 2. The molecule has 0 aliphatic rings. The van der Waals surface area contributed by atoms with E-state index in [0.717, 1.165) is 10.2 Å². The maximum Gasteiger partial charge on any atom is 0.129 e. The fourth-order valence-electron chi connectivity index (χ4n) is 1.67. The number of aryl methyl sites for hydroxylation is 1. The second-order valence-corrected chi connectivity index (χ2v) is 5.41. The van der Waals surface area contributed by atoms with E-state index in [2.05, 4.69) is 37.0 Å². The summed E-state index contributed by atoms with van der Waals surface area (Å²) in [6.07, 6.45) is 1.64. The summed E-state index contributed by atoms with van der Waals surface area (Å²) in [6, 6.07) is 4.29. The highest BCUT2D eigenvalue weighted by Crippen LogP contribution is 2.28. The van der Waals surface area contributed by atoms with Crippen LogP contribution < -0.4 is 5.73 Å². The molecular weight excluding hydrogens is 353 g/mol. The van der Waals surface area contributed by atoms with Gasteiger partial charge in [-0.1, -0.05) is 22.0 Å². The molecule has 2 N–H and O–H groups in total. The normalized spacial score (nSPS) is 12.8. The van der Waals surface area contributed by atoms with E-state index in [1.165, 1.54) is 6.07 Å². The maximum absolute atomic E-state index is 13.8. The molecule has 0 bridgehead atoms. The van der Waals surface area contributed by atoms with Crippen molar-refractivity contribution in [3.63, 3.8) is 0 Å². The van der Waals surface area contributed by atoms with Crippen molar-refractivity contribution < 1.29 is 4.39 Å². The van der Waals surface area contributed by atoms with Crippen molar-refractivity contribution in [1.82, 2.24) is 9.78 Å². The van der Waals surface area contributed by atoms with Crippen molar-refractivity contribution in [3.8, 4) is 0 Å². The summed E-state index contributed by atoms with van der Waals surface area (Å²) in [7, 11) is 1.77. The minimum atomic E-state index is -0.551. The minimum Gasteiger partial charge on any atom is -0.319 e. The van der Waals surface area contributed by atoms with Gasteiger partial charge >= 0.3 is 0 Å². The second-order valence-electron chi connectivity index (χ2n) is 3.64. The number of benzene rings is 1. The van der Waals surface area contributed by atoms with Crippen molar-refractivity contribution in [2.45, 2.75) is 6.04 Å². The molecule has 0 radical (unpaired) electrons. The van der Waals surface area contributed by atoms with Crippen LogP contribution in [0.3, 0.4) is 0 Å². The van der Waals surface area contributed by atoms with Crippen molar-refractivity contribution in [3.05, 3.63) is 50.4 Å². The van der Waals surface area contributed by atoms with Gasteiger partial charge in [-0.05, 0) is 28.1 Å². The predicted molar refractivity (Wildman–Crippen MR) is 71.0 cm³/mol. The van der Waals surface area contributed by atoms with Crippen LogP contribution in [0.25, 0.3) is 0 Å². The standard InChI is InChI=1S/C11H10Br2FN3/c1-17-11(8(13)5-16-17)10(15)7-3-2-6(12)4-9(7)14/h2-5,10H,15H2,1H3. The summed E-state index contributed by atoms with van der Waals surface area (Å²) in [4.78, 5) is 0. The first kappa shape index (κ1) is 12.7. The molecule has 90 valence electrons. The molecule has 1 atom stereocenters. The zero-order chi connectivity index (χ0) is 12.6. The molecule has 0 aliphatic heterocycles. The molecule has 1 aromatic carbocycles. The Hall–Kier alpha value is -0.720. The SMILES string of the molecule is Cn1ncc(Br)c1C(N)c1ccc(Br)cc1F. The van der Waals surface area contributed by atoms with Gasteiger partial charge in [0.1, 0.15) is 5.82 Å². The first-order valence-electron chi connectivity index (χ1n) is 4.88. The Labute approximate surface area is 115 Å². The molecule has 0 saturated heterocycles. The lowest BCUT2D eigenvalue weighted by molar-refractivity contribution is 0.585. The van der Waals surface area contributed by atoms with Crippen LogP contribution >= 0.6 is 31.9 Å². The average Bonchev–Trinajstić information content (AvgIpc) is 2.58. The Morgan fingerprint density at radius 3 is 2.65 bits per heavy atom. The van der Waals surface area contributed by atoms with E-state index in [0.29, 0.717) is 10.0 Å². The summed E-state index contributed by atoms with van der Waals surface area (Å²) < 4.78 is 16.9. The third-order valence-corrected chi connectivity index (χ3v) is 3.63. The van der Waals surface area contributed by atoms with Crippen LogP contribution in [0.5, 0.6) is 0 Å². The predicted octanol–water partition coefficient (Wildman–Crippen LogP) is 3.13. The summed E-state index contributed by atoms with van der Waals surface area (Å²) in [5.74, 6) is -0.333. The van der Waals surface area contributed by atoms with Gasteiger partial charge in [0.25, 0.3) is 0 Å². The van der Waals surface area contributed by atoms with E-state index in [4.69, 9.17) is 5.73 Å². The third-order valence-electron chi connectivity index (χ3n) is 2.53. The highest BCUT2D eigenvalue weighted by Gasteiger charge is 2.19. The first-order chi connectivity index (χ1) is 8.00. The topological polar surface area (TPSA) is 43.8 Å². The summed E-state index contributed by atoms with van der Waals surface area (Å²) in [6.45, 7) is 0. The minimum absolute atomic E-state index is 0.333. The van der Waals surface area contributed by atoms with Gasteiger partial charge in [-0.15, -0.1) is 0 Å². The average molecular weight is 363 g/mol. The van der Waals surface area contributed by atoms with Gasteiger partial charge in [0, 0.05) is 17.1 Å². The molecule has 2 aromatic rings. The van der Waals surface area contributed by atoms with Gasteiger partial charge in [0.15, 0.2) is 0 Å². The van der Waals surface area contributed by atoms with Gasteiger partial charge < -0.3 is 5.73 Å². The summed E-state index contributed by atoms with van der Waals surface area (Å²) in [5.41, 5.74) is 7.25. The first-order valence-corrected chi connectivity index (χ1v) is 6.47. The van der Waals surface area contributed by atoms with Crippen molar-refractivity contribution >= 4 is 31.9 Å². The molecule has 6 heteroatoms. The molecule has 0 aliphatic carbocycles. The molecule has 0 amide bonds. The summed E-state index contributed by atoms with van der Waals surface area (Å²) in [5, 5.41) is 4.07. The van der Waals surface area contributed by atoms with E-state index in [-0.39, 0.29) is 5.82 Å². The maximum atomic E-state index is 13.8. The molecule has 1 unspecified atom stereocenters. The lowest BCUT2D eigenvalue weighted by atomic mass is 10.0. The van der Waals surface area contributed by atoms with E-state index < -0.39 is 6.04 Å². The zero-order valence-corrected chi connectivity index (χ0v) is 12.2. The Morgan fingerprint density at radius 1 is 1.41 bits per heavy atom. The zero-order valence-electron chi connectivity index (χ0n) is 8.99. The van der Waals surface area contributed by atoms with Crippen molar-refractivity contribution in [2.75, 3.05) is 0 Å². The number of halogens is 3. The van der Waals surface area contributed by atoms with Crippen LogP contribution in [0.1, 0.15) is 17.3 Å². The molecule has 17 heavy (non-hydrogen) atoms. The van der Waals surface area contributed by atoms with E-state index >= 15 is 0 Å². The third kappa shape index (κ3) is 2.43. The molecule has 0 saturated carbocycles. The van der Waals surface area contributed by atoms with E-state index in [1.807, 2.05) is 0 Å². The smallest absolute Gasteiger partial charge is 0.129 e. The van der Waals surface area contributed by atoms with Gasteiger partial charge in [0.2, 0.25) is 0 Å². The quantitative estimate of drug-likeness (QED) is 0.891. The number of nitrogens with two attached hydrogens (primary N) is 1. The van der Waals surface area contributed by atoms with Gasteiger partial charge in [-0.3, -0.25) is 4.68 Å². The second kappa shape index (κ2) is 4.88. The van der Waals surface area contributed by atoms with Crippen LogP contribution in [-0.4, -0.2) is 9.78 Å². The Morgan fingerprint density at radius 2 is 2.12 bits per heavy atom. The molecular formula is C11H10Br2FN3. The van der Waals surface area contributed by atoms with Crippen LogP contribution in [0.15, 0.2) is 33.3 Å². The summed E-state index contributed by atoms with van der Waals surface area (Å²) >= 11 is 6.57. The number of aromatic nitrogens is 2. The van der Waals surface area contributed by atoms with Crippen LogP contribution in [0, 0.1) is 5.82 Å².